The third kappa shape index (κ3) is 5.06. The lowest BCUT2D eigenvalue weighted by Gasteiger charge is -2.19. The first-order valence-corrected chi connectivity index (χ1v) is 7.53. The summed E-state index contributed by atoms with van der Waals surface area (Å²) in [5, 5.41) is 3.38. The number of nitrogens with one attached hydrogen (secondary N) is 1. The summed E-state index contributed by atoms with van der Waals surface area (Å²) in [5.74, 6) is 0. The van der Waals surface area contributed by atoms with E-state index in [1.54, 1.807) is 7.11 Å². The van der Waals surface area contributed by atoms with Crippen LogP contribution in [-0.2, 0) is 17.8 Å². The highest BCUT2D eigenvalue weighted by Gasteiger charge is 2.09. The minimum Gasteiger partial charge on any atom is -0.383 e. The molecule has 1 heterocycles. The van der Waals surface area contributed by atoms with E-state index in [1.807, 2.05) is 11.3 Å². The summed E-state index contributed by atoms with van der Waals surface area (Å²) in [4.78, 5) is 5.31. The monoisotopic (exact) mass is 270 g/mol. The number of likely N-dealkylation sites (N-methyl/N-ethyl adjacent to an activating group) is 1. The Morgan fingerprint density at radius 1 is 1.39 bits per heavy atom. The van der Waals surface area contributed by atoms with Crippen LogP contribution in [0.4, 0.5) is 0 Å². The van der Waals surface area contributed by atoms with Crippen LogP contribution in [0, 0.1) is 6.92 Å². The van der Waals surface area contributed by atoms with Gasteiger partial charge in [0.2, 0.25) is 0 Å². The number of aryl methyl sites for hydroxylation is 1. The quantitative estimate of drug-likeness (QED) is 0.746. The molecule has 1 N–H and O–H groups in total. The average Bonchev–Trinajstić information content (AvgIpc) is 2.72. The van der Waals surface area contributed by atoms with Gasteiger partial charge in [-0.2, -0.15) is 0 Å². The number of thiophene rings is 1. The summed E-state index contributed by atoms with van der Waals surface area (Å²) in [6, 6.07) is 2.35. The van der Waals surface area contributed by atoms with Gasteiger partial charge in [0.25, 0.3) is 0 Å². The molecule has 18 heavy (non-hydrogen) atoms. The van der Waals surface area contributed by atoms with Gasteiger partial charge in [-0.05, 0) is 31.6 Å². The predicted octanol–water partition coefficient (Wildman–Crippen LogP) is 2.63. The van der Waals surface area contributed by atoms with E-state index in [4.69, 9.17) is 4.74 Å². The van der Waals surface area contributed by atoms with Gasteiger partial charge in [0.05, 0.1) is 6.61 Å². The van der Waals surface area contributed by atoms with Crippen molar-refractivity contribution in [3.05, 3.63) is 21.4 Å². The van der Waals surface area contributed by atoms with Crippen molar-refractivity contribution in [1.29, 1.82) is 0 Å². The molecular formula is C14H26N2OS. The first kappa shape index (κ1) is 15.6. The van der Waals surface area contributed by atoms with Crippen molar-refractivity contribution in [3.63, 3.8) is 0 Å². The largest absolute Gasteiger partial charge is 0.383 e. The molecule has 0 aliphatic rings. The van der Waals surface area contributed by atoms with Gasteiger partial charge in [-0.15, -0.1) is 11.3 Å². The Kier molecular flexibility index (Phi) is 7.51. The zero-order valence-corrected chi connectivity index (χ0v) is 12.9. The van der Waals surface area contributed by atoms with Crippen LogP contribution in [-0.4, -0.2) is 38.3 Å². The molecule has 0 aromatic carbocycles. The minimum absolute atomic E-state index is 0.807. The molecule has 0 aliphatic heterocycles. The zero-order valence-electron chi connectivity index (χ0n) is 12.1. The lowest BCUT2D eigenvalue weighted by Crippen LogP contribution is -2.26. The number of ether oxygens (including phenoxy) is 1. The van der Waals surface area contributed by atoms with Crippen molar-refractivity contribution in [3.8, 4) is 0 Å². The van der Waals surface area contributed by atoms with E-state index in [1.165, 1.54) is 15.3 Å². The van der Waals surface area contributed by atoms with E-state index in [-0.39, 0.29) is 0 Å². The molecule has 104 valence electrons. The Balaban J connectivity index is 2.56. The maximum absolute atomic E-state index is 5.15. The highest BCUT2D eigenvalue weighted by atomic mass is 32.1. The van der Waals surface area contributed by atoms with Crippen LogP contribution < -0.4 is 5.32 Å². The molecule has 0 atom stereocenters. The number of methoxy groups -OCH3 is 1. The molecule has 1 aromatic rings. The number of hydrogen-bond acceptors (Lipinski definition) is 4. The maximum Gasteiger partial charge on any atom is 0.0589 e. The van der Waals surface area contributed by atoms with E-state index in [0.29, 0.717) is 0 Å². The van der Waals surface area contributed by atoms with Crippen LogP contribution in [0.2, 0.25) is 0 Å². The Labute approximate surface area is 115 Å². The summed E-state index contributed by atoms with van der Waals surface area (Å²) in [6.45, 7) is 12.5. The van der Waals surface area contributed by atoms with Crippen LogP contribution in [0.5, 0.6) is 0 Å². The van der Waals surface area contributed by atoms with E-state index in [0.717, 1.165) is 39.3 Å². The Morgan fingerprint density at radius 3 is 2.78 bits per heavy atom. The maximum atomic E-state index is 5.15. The summed E-state index contributed by atoms with van der Waals surface area (Å²) in [6.07, 6.45) is 0. The fraction of sp³-hybridized carbons (Fsp3) is 0.714. The van der Waals surface area contributed by atoms with Gasteiger partial charge >= 0.3 is 0 Å². The molecule has 0 saturated carbocycles. The second-order valence-corrected chi connectivity index (χ2v) is 5.78. The Bertz CT molecular complexity index is 339. The molecule has 0 spiro atoms. The second kappa shape index (κ2) is 8.64. The van der Waals surface area contributed by atoms with Gasteiger partial charge in [-0.3, -0.25) is 4.90 Å². The molecule has 1 rings (SSSR count). The third-order valence-corrected chi connectivity index (χ3v) is 4.17. The fourth-order valence-electron chi connectivity index (χ4n) is 1.89. The van der Waals surface area contributed by atoms with Gasteiger partial charge in [-0.25, -0.2) is 0 Å². The molecule has 3 nitrogen and oxygen atoms in total. The Hall–Kier alpha value is -0.420. The smallest absolute Gasteiger partial charge is 0.0589 e. The van der Waals surface area contributed by atoms with Gasteiger partial charge in [0.1, 0.15) is 0 Å². The van der Waals surface area contributed by atoms with E-state index in [9.17, 15) is 0 Å². The summed E-state index contributed by atoms with van der Waals surface area (Å²) < 4.78 is 5.15. The van der Waals surface area contributed by atoms with Gasteiger partial charge in [0, 0.05) is 36.5 Å². The van der Waals surface area contributed by atoms with Crippen LogP contribution in [0.15, 0.2) is 6.07 Å². The van der Waals surface area contributed by atoms with E-state index < -0.39 is 0 Å². The second-order valence-electron chi connectivity index (χ2n) is 4.44. The molecular weight excluding hydrogens is 244 g/mol. The van der Waals surface area contributed by atoms with Crippen LogP contribution >= 0.6 is 11.3 Å². The molecule has 0 fully saturated rings. The molecule has 0 unspecified atom stereocenters. The Morgan fingerprint density at radius 2 is 2.17 bits per heavy atom. The van der Waals surface area contributed by atoms with Crippen molar-refractivity contribution < 1.29 is 4.74 Å². The molecule has 0 amide bonds. The first-order valence-electron chi connectivity index (χ1n) is 6.71. The van der Waals surface area contributed by atoms with Crippen molar-refractivity contribution in [2.45, 2.75) is 33.9 Å². The van der Waals surface area contributed by atoms with Crippen molar-refractivity contribution >= 4 is 11.3 Å². The lowest BCUT2D eigenvalue weighted by molar-refractivity contribution is 0.147. The summed E-state index contributed by atoms with van der Waals surface area (Å²) in [7, 11) is 1.76. The fourth-order valence-corrected chi connectivity index (χ4v) is 2.91. The minimum atomic E-state index is 0.807. The van der Waals surface area contributed by atoms with Crippen LogP contribution in [0.3, 0.4) is 0 Å². The molecule has 0 saturated heterocycles. The standard InChI is InChI=1S/C14H26N2OS/c1-5-15-10-14-9-13(12(3)18-14)11-16(6-2)7-8-17-4/h9,15H,5-8,10-11H2,1-4H3. The normalized spacial score (nSPS) is 11.4. The number of nitrogens with zero attached hydrogens (tertiary/aromatic N) is 1. The SMILES string of the molecule is CCNCc1cc(CN(CC)CCOC)c(C)s1. The van der Waals surface area contributed by atoms with Crippen molar-refractivity contribution in [2.24, 2.45) is 0 Å². The van der Waals surface area contributed by atoms with E-state index in [2.05, 4.69) is 37.1 Å². The molecule has 0 radical (unpaired) electrons. The number of rotatable bonds is 9. The van der Waals surface area contributed by atoms with Crippen LogP contribution in [0.1, 0.15) is 29.2 Å². The van der Waals surface area contributed by atoms with Gasteiger partial charge in [-0.1, -0.05) is 13.8 Å². The molecule has 0 aliphatic carbocycles. The summed E-state index contributed by atoms with van der Waals surface area (Å²) >= 11 is 1.91. The lowest BCUT2D eigenvalue weighted by atomic mass is 10.2. The number of hydrogen-bond donors (Lipinski definition) is 1. The van der Waals surface area contributed by atoms with Gasteiger partial charge < -0.3 is 10.1 Å². The highest BCUT2D eigenvalue weighted by molar-refractivity contribution is 7.12. The van der Waals surface area contributed by atoms with Crippen molar-refractivity contribution in [1.82, 2.24) is 10.2 Å². The zero-order chi connectivity index (χ0) is 13.4. The molecule has 1 aromatic heterocycles. The van der Waals surface area contributed by atoms with Crippen molar-refractivity contribution in [2.75, 3.05) is 33.4 Å². The van der Waals surface area contributed by atoms with Crippen LogP contribution in [0.25, 0.3) is 0 Å². The van der Waals surface area contributed by atoms with Gasteiger partial charge in [0.15, 0.2) is 0 Å². The van der Waals surface area contributed by atoms with E-state index >= 15 is 0 Å². The highest BCUT2D eigenvalue weighted by Crippen LogP contribution is 2.22. The average molecular weight is 270 g/mol. The molecule has 4 heteroatoms. The third-order valence-electron chi connectivity index (χ3n) is 3.07. The topological polar surface area (TPSA) is 24.5 Å². The predicted molar refractivity (Wildman–Crippen MR) is 79.3 cm³/mol. The molecule has 0 bridgehead atoms. The summed E-state index contributed by atoms with van der Waals surface area (Å²) in [5.41, 5.74) is 1.46. The first-order chi connectivity index (χ1) is 8.71.